The van der Waals surface area contributed by atoms with E-state index in [1.54, 1.807) is 0 Å². The predicted octanol–water partition coefficient (Wildman–Crippen LogP) is 4.46. The molecule has 2 N–H and O–H groups in total. The van der Waals surface area contributed by atoms with Crippen molar-refractivity contribution in [2.45, 2.75) is 25.3 Å². The third-order valence-corrected chi connectivity index (χ3v) is 4.93. The molecule has 110 valence electrons. The van der Waals surface area contributed by atoms with Crippen molar-refractivity contribution in [3.8, 4) is 0 Å². The highest BCUT2D eigenvalue weighted by Crippen LogP contribution is 2.35. The van der Waals surface area contributed by atoms with Gasteiger partial charge in [-0.05, 0) is 52.5 Å². The summed E-state index contributed by atoms with van der Waals surface area (Å²) in [6.07, 6.45) is 1.21. The molecule has 3 heteroatoms. The maximum Gasteiger partial charge on any atom is 0.0511 e. The molecule has 1 heterocycles. The SMILES string of the molecule is C[C@@H](N)c1ccc(N2CCC(c3ccccc3)C2)c(Br)c1. The van der Waals surface area contributed by atoms with Crippen LogP contribution in [0.2, 0.25) is 0 Å². The van der Waals surface area contributed by atoms with Crippen LogP contribution < -0.4 is 10.6 Å². The van der Waals surface area contributed by atoms with Crippen LogP contribution in [0.3, 0.4) is 0 Å². The summed E-state index contributed by atoms with van der Waals surface area (Å²) in [6.45, 7) is 4.21. The second-order valence-electron chi connectivity index (χ2n) is 5.84. The normalized spacial score (nSPS) is 19.8. The monoisotopic (exact) mass is 344 g/mol. The van der Waals surface area contributed by atoms with Gasteiger partial charge in [-0.15, -0.1) is 0 Å². The summed E-state index contributed by atoms with van der Waals surface area (Å²) < 4.78 is 1.14. The number of benzene rings is 2. The molecule has 2 aromatic rings. The second kappa shape index (κ2) is 6.20. The van der Waals surface area contributed by atoms with Gasteiger partial charge in [0.05, 0.1) is 5.69 Å². The Hall–Kier alpha value is -1.32. The van der Waals surface area contributed by atoms with E-state index >= 15 is 0 Å². The van der Waals surface area contributed by atoms with Gasteiger partial charge in [-0.3, -0.25) is 0 Å². The van der Waals surface area contributed by atoms with Gasteiger partial charge in [0, 0.05) is 29.5 Å². The van der Waals surface area contributed by atoms with Crippen LogP contribution in [0.4, 0.5) is 5.69 Å². The van der Waals surface area contributed by atoms with Gasteiger partial charge in [0.25, 0.3) is 0 Å². The van der Waals surface area contributed by atoms with Gasteiger partial charge in [0.1, 0.15) is 0 Å². The number of nitrogens with zero attached hydrogens (tertiary/aromatic N) is 1. The molecule has 0 radical (unpaired) electrons. The molecule has 1 unspecified atom stereocenters. The summed E-state index contributed by atoms with van der Waals surface area (Å²) in [5.41, 5.74) is 9.84. The molecule has 21 heavy (non-hydrogen) atoms. The summed E-state index contributed by atoms with van der Waals surface area (Å²) in [7, 11) is 0. The van der Waals surface area contributed by atoms with Crippen molar-refractivity contribution in [2.24, 2.45) is 5.73 Å². The first-order valence-electron chi connectivity index (χ1n) is 7.50. The van der Waals surface area contributed by atoms with Crippen LogP contribution in [0.25, 0.3) is 0 Å². The Kier molecular flexibility index (Phi) is 4.32. The topological polar surface area (TPSA) is 29.3 Å². The Labute approximate surface area is 135 Å². The van der Waals surface area contributed by atoms with Crippen LogP contribution in [0.15, 0.2) is 53.0 Å². The Morgan fingerprint density at radius 1 is 1.19 bits per heavy atom. The number of halogens is 1. The summed E-state index contributed by atoms with van der Waals surface area (Å²) in [6, 6.07) is 17.4. The summed E-state index contributed by atoms with van der Waals surface area (Å²) in [4.78, 5) is 2.46. The van der Waals surface area contributed by atoms with E-state index < -0.39 is 0 Å². The molecule has 0 aromatic heterocycles. The van der Waals surface area contributed by atoms with Gasteiger partial charge in [-0.1, -0.05) is 36.4 Å². The van der Waals surface area contributed by atoms with Crippen molar-refractivity contribution >= 4 is 21.6 Å². The molecule has 1 aliphatic heterocycles. The molecule has 3 rings (SSSR count). The van der Waals surface area contributed by atoms with Crippen LogP contribution in [0, 0.1) is 0 Å². The summed E-state index contributed by atoms with van der Waals surface area (Å²) >= 11 is 3.70. The van der Waals surface area contributed by atoms with E-state index in [1.807, 2.05) is 6.92 Å². The van der Waals surface area contributed by atoms with Gasteiger partial charge >= 0.3 is 0 Å². The standard InChI is InChI=1S/C18H21BrN2/c1-13(20)15-7-8-18(17(19)11-15)21-10-9-16(12-21)14-5-3-2-4-6-14/h2-8,11,13,16H,9-10,12,20H2,1H3/t13-,16?/m1/s1. The molecule has 1 fully saturated rings. The molecule has 0 saturated carbocycles. The molecule has 2 nitrogen and oxygen atoms in total. The minimum Gasteiger partial charge on any atom is -0.370 e. The highest BCUT2D eigenvalue weighted by atomic mass is 79.9. The Morgan fingerprint density at radius 3 is 2.62 bits per heavy atom. The van der Waals surface area contributed by atoms with Gasteiger partial charge in [0.15, 0.2) is 0 Å². The first-order chi connectivity index (χ1) is 10.1. The minimum atomic E-state index is 0.0750. The zero-order valence-corrected chi connectivity index (χ0v) is 13.9. The fraction of sp³-hybridized carbons (Fsp3) is 0.333. The maximum atomic E-state index is 5.95. The van der Waals surface area contributed by atoms with Crippen molar-refractivity contribution in [1.82, 2.24) is 0 Å². The van der Waals surface area contributed by atoms with Crippen LogP contribution in [-0.4, -0.2) is 13.1 Å². The lowest BCUT2D eigenvalue weighted by atomic mass is 9.99. The Balaban J connectivity index is 1.77. The summed E-state index contributed by atoms with van der Waals surface area (Å²) in [5.74, 6) is 0.631. The molecule has 0 bridgehead atoms. The minimum absolute atomic E-state index is 0.0750. The molecular weight excluding hydrogens is 324 g/mol. The summed E-state index contributed by atoms with van der Waals surface area (Å²) in [5, 5.41) is 0. The maximum absolute atomic E-state index is 5.95. The lowest BCUT2D eigenvalue weighted by molar-refractivity contribution is 0.775. The average molecular weight is 345 g/mol. The van der Waals surface area contributed by atoms with Crippen molar-refractivity contribution in [2.75, 3.05) is 18.0 Å². The first kappa shape index (κ1) is 14.6. The van der Waals surface area contributed by atoms with E-state index in [0.717, 1.165) is 17.6 Å². The lowest BCUT2D eigenvalue weighted by Gasteiger charge is -2.21. The fourth-order valence-electron chi connectivity index (χ4n) is 3.04. The van der Waals surface area contributed by atoms with Crippen LogP contribution in [-0.2, 0) is 0 Å². The molecular formula is C18H21BrN2. The van der Waals surface area contributed by atoms with Crippen molar-refractivity contribution in [3.63, 3.8) is 0 Å². The molecule has 1 saturated heterocycles. The lowest BCUT2D eigenvalue weighted by Crippen LogP contribution is -2.20. The number of nitrogens with two attached hydrogens (primary N) is 1. The average Bonchev–Trinajstić information content (AvgIpc) is 2.97. The quantitative estimate of drug-likeness (QED) is 0.890. The van der Waals surface area contributed by atoms with Crippen LogP contribution >= 0.6 is 15.9 Å². The van der Waals surface area contributed by atoms with Gasteiger partial charge < -0.3 is 10.6 Å². The molecule has 0 spiro atoms. The Bertz CT molecular complexity index is 610. The van der Waals surface area contributed by atoms with E-state index in [-0.39, 0.29) is 6.04 Å². The third-order valence-electron chi connectivity index (χ3n) is 4.30. The fourth-order valence-corrected chi connectivity index (χ4v) is 3.69. The van der Waals surface area contributed by atoms with Gasteiger partial charge in [0.2, 0.25) is 0 Å². The van der Waals surface area contributed by atoms with E-state index in [4.69, 9.17) is 5.73 Å². The molecule has 1 aliphatic rings. The van der Waals surface area contributed by atoms with Crippen LogP contribution in [0.1, 0.15) is 36.4 Å². The van der Waals surface area contributed by atoms with Crippen molar-refractivity contribution < 1.29 is 0 Å². The van der Waals surface area contributed by atoms with Crippen molar-refractivity contribution in [1.29, 1.82) is 0 Å². The molecule has 0 amide bonds. The molecule has 2 aromatic carbocycles. The third kappa shape index (κ3) is 3.14. The van der Waals surface area contributed by atoms with Gasteiger partial charge in [-0.2, -0.15) is 0 Å². The zero-order chi connectivity index (χ0) is 14.8. The highest BCUT2D eigenvalue weighted by Gasteiger charge is 2.25. The van der Waals surface area contributed by atoms with Crippen molar-refractivity contribution in [3.05, 3.63) is 64.1 Å². The van der Waals surface area contributed by atoms with E-state index in [1.165, 1.54) is 23.2 Å². The molecule has 0 aliphatic carbocycles. The van der Waals surface area contributed by atoms with Gasteiger partial charge in [-0.25, -0.2) is 0 Å². The number of anilines is 1. The highest BCUT2D eigenvalue weighted by molar-refractivity contribution is 9.10. The molecule has 2 atom stereocenters. The van der Waals surface area contributed by atoms with E-state index in [9.17, 15) is 0 Å². The number of hydrogen-bond donors (Lipinski definition) is 1. The predicted molar refractivity (Wildman–Crippen MR) is 92.8 cm³/mol. The Morgan fingerprint density at radius 2 is 1.95 bits per heavy atom. The smallest absolute Gasteiger partial charge is 0.0511 e. The number of hydrogen-bond acceptors (Lipinski definition) is 2. The van der Waals surface area contributed by atoms with E-state index in [0.29, 0.717) is 5.92 Å². The number of rotatable bonds is 3. The second-order valence-corrected chi connectivity index (χ2v) is 6.70. The van der Waals surface area contributed by atoms with E-state index in [2.05, 4.69) is 69.4 Å². The first-order valence-corrected chi connectivity index (χ1v) is 8.29. The largest absolute Gasteiger partial charge is 0.370 e. The van der Waals surface area contributed by atoms with Crippen LogP contribution in [0.5, 0.6) is 0 Å². The zero-order valence-electron chi connectivity index (χ0n) is 12.3.